The van der Waals surface area contributed by atoms with Crippen LogP contribution in [0.15, 0.2) is 84.9 Å². The Morgan fingerprint density at radius 1 is 0.314 bits per heavy atom. The quantitative estimate of drug-likeness (QED) is 0.108. The van der Waals surface area contributed by atoms with Crippen LogP contribution in [0.1, 0.15) is 128 Å². The van der Waals surface area contributed by atoms with Gasteiger partial charge in [0.1, 0.15) is 56.9 Å². The molecule has 374 valence electrons. The number of hydrogen-bond donors (Lipinski definition) is 0. The molecular formula is C62H80O6P2. The van der Waals surface area contributed by atoms with Gasteiger partial charge in [0.2, 0.25) is 0 Å². The minimum absolute atomic E-state index is 0.356. The number of rotatable bonds is 13. The molecule has 0 aliphatic heterocycles. The number of benzene rings is 6. The van der Waals surface area contributed by atoms with Crippen molar-refractivity contribution in [3.63, 3.8) is 0 Å². The molecule has 0 unspecified atom stereocenters. The fourth-order valence-electron chi connectivity index (χ4n) is 9.20. The highest BCUT2D eigenvalue weighted by Gasteiger charge is 2.33. The molecule has 0 atom stereocenters. The van der Waals surface area contributed by atoms with Gasteiger partial charge in [0.05, 0.1) is 14.2 Å². The largest absolute Gasteiger partial charge is 0.496 e. The molecule has 0 fully saturated rings. The molecule has 0 aliphatic carbocycles. The summed E-state index contributed by atoms with van der Waals surface area (Å²) in [6, 6.07) is 31.8. The normalized spacial score (nSPS) is 12.4. The molecule has 6 aromatic carbocycles. The Morgan fingerprint density at radius 2 is 0.514 bits per heavy atom. The van der Waals surface area contributed by atoms with Crippen molar-refractivity contribution in [2.75, 3.05) is 14.2 Å². The third kappa shape index (κ3) is 12.5. The second-order valence-electron chi connectivity index (χ2n) is 22.9. The van der Waals surface area contributed by atoms with Crippen molar-refractivity contribution >= 4 is 47.7 Å². The van der Waals surface area contributed by atoms with Crippen LogP contribution in [0.5, 0.6) is 34.5 Å². The molecule has 0 aliphatic rings. The molecule has 70 heavy (non-hydrogen) atoms. The van der Waals surface area contributed by atoms with Gasteiger partial charge in [-0.3, -0.25) is 0 Å². The van der Waals surface area contributed by atoms with Gasteiger partial charge in [0.25, 0.3) is 0 Å². The molecule has 0 saturated heterocycles. The molecule has 6 aromatic rings. The number of methoxy groups -OCH3 is 2. The van der Waals surface area contributed by atoms with E-state index in [-0.39, 0.29) is 22.4 Å². The second kappa shape index (κ2) is 20.6. The molecule has 8 heteroatoms. The summed E-state index contributed by atoms with van der Waals surface area (Å²) in [4.78, 5) is 0. The summed E-state index contributed by atoms with van der Waals surface area (Å²) >= 11 is 0. The molecule has 0 spiro atoms. The molecule has 6 nitrogen and oxygen atoms in total. The molecular weight excluding hydrogens is 903 g/mol. The Bertz CT molecular complexity index is 2450. The smallest absolute Gasteiger partial charge is 0.127 e. The maximum absolute atomic E-state index is 6.63. The molecule has 0 bridgehead atoms. The summed E-state index contributed by atoms with van der Waals surface area (Å²) in [7, 11) is 1.05. The van der Waals surface area contributed by atoms with E-state index in [1.807, 2.05) is 0 Å². The minimum atomic E-state index is -1.25. The van der Waals surface area contributed by atoms with Gasteiger partial charge in [-0.1, -0.05) is 24.3 Å². The van der Waals surface area contributed by atoms with Crippen LogP contribution in [0.2, 0.25) is 0 Å². The SMILES string of the molecule is COc1cccc(P(c2cc(C)c(OC(C)(C)C)c(C)c2)c2cc(C)c(OC(C)(C)C)c(C)c2)c1-c1c(OC)cccc1P(c1cc(C)c(OC(C)(C)C)c(C)c1)c1cc(C)c(OC(C)(C)C)c(C)c1. The van der Waals surface area contributed by atoms with Crippen molar-refractivity contribution in [2.24, 2.45) is 0 Å². The van der Waals surface area contributed by atoms with Crippen LogP contribution >= 0.6 is 15.8 Å². The summed E-state index contributed by atoms with van der Waals surface area (Å²) in [5, 5.41) is 7.16. The van der Waals surface area contributed by atoms with Crippen LogP contribution in [-0.4, -0.2) is 36.6 Å². The van der Waals surface area contributed by atoms with Gasteiger partial charge in [0, 0.05) is 11.1 Å². The molecule has 0 saturated carbocycles. The summed E-state index contributed by atoms with van der Waals surface area (Å²) in [5.74, 6) is 5.23. The minimum Gasteiger partial charge on any atom is -0.496 e. The van der Waals surface area contributed by atoms with E-state index in [4.69, 9.17) is 28.4 Å². The number of aryl methyl sites for hydroxylation is 8. The van der Waals surface area contributed by atoms with E-state index in [0.717, 1.165) is 101 Å². The van der Waals surface area contributed by atoms with Crippen LogP contribution in [0, 0.1) is 55.4 Å². The van der Waals surface area contributed by atoms with Gasteiger partial charge in [-0.15, -0.1) is 0 Å². The monoisotopic (exact) mass is 983 g/mol. The van der Waals surface area contributed by atoms with Crippen LogP contribution in [0.25, 0.3) is 11.1 Å². The van der Waals surface area contributed by atoms with Crippen molar-refractivity contribution in [1.29, 1.82) is 0 Å². The van der Waals surface area contributed by atoms with E-state index in [9.17, 15) is 0 Å². The van der Waals surface area contributed by atoms with E-state index in [2.05, 4.69) is 223 Å². The predicted octanol–water partition coefficient (Wildman–Crippen LogP) is 14.1. The molecule has 6 rings (SSSR count). The zero-order chi connectivity index (χ0) is 52.0. The van der Waals surface area contributed by atoms with Gasteiger partial charge in [-0.25, -0.2) is 0 Å². The first-order chi connectivity index (χ1) is 32.4. The molecule has 0 aromatic heterocycles. The summed E-state index contributed by atoms with van der Waals surface area (Å²) in [6.07, 6.45) is 0. The Balaban J connectivity index is 1.76. The summed E-state index contributed by atoms with van der Waals surface area (Å²) < 4.78 is 39.6. The first-order valence-electron chi connectivity index (χ1n) is 24.6. The molecule has 0 radical (unpaired) electrons. The van der Waals surface area contributed by atoms with Crippen molar-refractivity contribution in [3.8, 4) is 45.6 Å². The lowest BCUT2D eigenvalue weighted by molar-refractivity contribution is 0.128. The number of ether oxygens (including phenoxy) is 6. The lowest BCUT2D eigenvalue weighted by Gasteiger charge is -2.31. The third-order valence-electron chi connectivity index (χ3n) is 11.6. The van der Waals surface area contributed by atoms with Crippen molar-refractivity contribution in [2.45, 2.75) is 161 Å². The lowest BCUT2D eigenvalue weighted by Crippen LogP contribution is -2.29. The van der Waals surface area contributed by atoms with Crippen molar-refractivity contribution in [3.05, 3.63) is 129 Å². The number of hydrogen-bond acceptors (Lipinski definition) is 6. The van der Waals surface area contributed by atoms with E-state index in [0.29, 0.717) is 0 Å². The first kappa shape index (κ1) is 54.3. The summed E-state index contributed by atoms with van der Waals surface area (Å²) in [6.45, 7) is 42.6. The second-order valence-corrected chi connectivity index (χ2v) is 27.2. The average molecular weight is 983 g/mol. The standard InChI is InChI=1S/C62H80O6P2/c1-37-29-45(30-38(2)55(37)65-59(9,10)11)69(46-31-39(3)56(40(4)32-46)66-60(12,13)14)51-27-23-25-49(63-21)53(51)54-50(64-22)26-24-28-52(54)70(47-33-41(5)57(42(6)34-47)67-61(15,16)17)48-35-43(7)58(44(8)36-48)68-62(18,19)20/h23-36H,1-22H3. The van der Waals surface area contributed by atoms with Gasteiger partial charge in [0.15, 0.2) is 0 Å². The van der Waals surface area contributed by atoms with Crippen molar-refractivity contribution in [1.82, 2.24) is 0 Å². The van der Waals surface area contributed by atoms with E-state index in [1.165, 1.54) is 21.2 Å². The fraction of sp³-hybridized carbons (Fsp3) is 0.419. The topological polar surface area (TPSA) is 55.4 Å². The van der Waals surface area contributed by atoms with Gasteiger partial charge >= 0.3 is 0 Å². The third-order valence-corrected chi connectivity index (χ3v) is 16.4. The van der Waals surface area contributed by atoms with E-state index >= 15 is 0 Å². The van der Waals surface area contributed by atoms with E-state index in [1.54, 1.807) is 14.2 Å². The Hall–Kier alpha value is -5.02. The zero-order valence-corrected chi connectivity index (χ0v) is 48.2. The Kier molecular flexibility index (Phi) is 16.0. The fourth-order valence-corrected chi connectivity index (χ4v) is 14.9. The predicted molar refractivity (Wildman–Crippen MR) is 302 cm³/mol. The lowest BCUT2D eigenvalue weighted by atomic mass is 10.0. The average Bonchev–Trinajstić information content (AvgIpc) is 3.22. The van der Waals surface area contributed by atoms with Crippen LogP contribution in [0.4, 0.5) is 0 Å². The first-order valence-corrected chi connectivity index (χ1v) is 27.2. The van der Waals surface area contributed by atoms with Gasteiger partial charge in [-0.2, -0.15) is 0 Å². The van der Waals surface area contributed by atoms with E-state index < -0.39 is 15.8 Å². The van der Waals surface area contributed by atoms with Crippen LogP contribution < -0.4 is 60.2 Å². The van der Waals surface area contributed by atoms with Crippen LogP contribution in [0.3, 0.4) is 0 Å². The van der Waals surface area contributed by atoms with Gasteiger partial charge < -0.3 is 28.4 Å². The summed E-state index contributed by atoms with van der Waals surface area (Å²) in [5.41, 5.74) is 9.36. The highest BCUT2D eigenvalue weighted by molar-refractivity contribution is 7.80. The highest BCUT2D eigenvalue weighted by Crippen LogP contribution is 2.49. The van der Waals surface area contributed by atoms with Gasteiger partial charge in [-0.05, 0) is 291 Å². The highest BCUT2D eigenvalue weighted by atomic mass is 31.1. The molecule has 0 heterocycles. The van der Waals surface area contributed by atoms with Crippen LogP contribution in [-0.2, 0) is 0 Å². The Morgan fingerprint density at radius 3 is 0.686 bits per heavy atom. The maximum atomic E-state index is 6.63. The molecule has 0 N–H and O–H groups in total. The molecule has 0 amide bonds. The zero-order valence-electron chi connectivity index (χ0n) is 46.4. The Labute approximate surface area is 424 Å². The van der Waals surface area contributed by atoms with Crippen molar-refractivity contribution < 1.29 is 28.4 Å². The maximum Gasteiger partial charge on any atom is 0.127 e.